The molecule has 0 unspecified atom stereocenters. The second kappa shape index (κ2) is 4.86. The van der Waals surface area contributed by atoms with E-state index in [9.17, 15) is 8.78 Å². The molecular formula is C14H9F2N3O2. The number of nitrogen functional groups attached to an aromatic ring is 1. The van der Waals surface area contributed by atoms with E-state index in [4.69, 9.17) is 15.4 Å². The summed E-state index contributed by atoms with van der Waals surface area (Å²) in [5.41, 5.74) is 6.58. The van der Waals surface area contributed by atoms with Crippen LogP contribution in [-0.2, 0) is 0 Å². The number of aromatic nitrogens is 2. The summed E-state index contributed by atoms with van der Waals surface area (Å²) >= 11 is 0. The van der Waals surface area contributed by atoms with E-state index in [-0.39, 0.29) is 23.0 Å². The number of nitrogens with two attached hydrogens (primary N) is 1. The van der Waals surface area contributed by atoms with Gasteiger partial charge < -0.3 is 15.4 Å². The molecule has 3 N–H and O–H groups in total. The van der Waals surface area contributed by atoms with Gasteiger partial charge in [-0.2, -0.15) is 4.98 Å². The Morgan fingerprint density at radius 2 is 1.90 bits per heavy atom. The maximum absolute atomic E-state index is 13.3. The molecule has 0 amide bonds. The SMILES string of the molecule is Nc1ccc(F)cc1-c1nc(-c2ccc(O)c(F)c2)no1. The summed E-state index contributed by atoms with van der Waals surface area (Å²) in [7, 11) is 0. The average molecular weight is 289 g/mol. The minimum atomic E-state index is -0.802. The van der Waals surface area contributed by atoms with Gasteiger partial charge in [-0.05, 0) is 36.4 Å². The first-order valence-electron chi connectivity index (χ1n) is 5.92. The largest absolute Gasteiger partial charge is 0.505 e. The Morgan fingerprint density at radius 1 is 1.10 bits per heavy atom. The molecule has 0 fully saturated rings. The van der Waals surface area contributed by atoms with Gasteiger partial charge in [0, 0.05) is 11.3 Å². The molecule has 1 aromatic heterocycles. The molecule has 0 spiro atoms. The molecule has 5 nitrogen and oxygen atoms in total. The van der Waals surface area contributed by atoms with Gasteiger partial charge in [-0.15, -0.1) is 0 Å². The molecule has 0 atom stereocenters. The number of hydrogen-bond acceptors (Lipinski definition) is 5. The van der Waals surface area contributed by atoms with Crippen LogP contribution in [0.5, 0.6) is 5.75 Å². The lowest BCUT2D eigenvalue weighted by Gasteiger charge is -1.99. The van der Waals surface area contributed by atoms with Crippen molar-refractivity contribution in [1.29, 1.82) is 0 Å². The Balaban J connectivity index is 2.03. The summed E-state index contributed by atoms with van der Waals surface area (Å²) in [6.07, 6.45) is 0. The first-order chi connectivity index (χ1) is 10.0. The van der Waals surface area contributed by atoms with Crippen molar-refractivity contribution in [2.45, 2.75) is 0 Å². The average Bonchev–Trinajstić information content (AvgIpc) is 2.94. The van der Waals surface area contributed by atoms with Crippen molar-refractivity contribution in [3.8, 4) is 28.6 Å². The van der Waals surface area contributed by atoms with Crippen LogP contribution in [0.1, 0.15) is 0 Å². The van der Waals surface area contributed by atoms with Crippen molar-refractivity contribution in [1.82, 2.24) is 10.1 Å². The number of nitrogens with zero attached hydrogens (tertiary/aromatic N) is 2. The van der Waals surface area contributed by atoms with Crippen LogP contribution in [-0.4, -0.2) is 15.2 Å². The van der Waals surface area contributed by atoms with Crippen molar-refractivity contribution in [2.75, 3.05) is 5.73 Å². The van der Waals surface area contributed by atoms with E-state index >= 15 is 0 Å². The van der Waals surface area contributed by atoms with Crippen LogP contribution in [0.25, 0.3) is 22.8 Å². The fourth-order valence-corrected chi connectivity index (χ4v) is 1.81. The highest BCUT2D eigenvalue weighted by molar-refractivity contribution is 5.71. The first-order valence-corrected chi connectivity index (χ1v) is 5.92. The van der Waals surface area contributed by atoms with E-state index in [0.29, 0.717) is 5.56 Å². The molecule has 3 rings (SSSR count). The Bertz CT molecular complexity index is 818. The van der Waals surface area contributed by atoms with Gasteiger partial charge in [-0.1, -0.05) is 5.16 Å². The number of phenolic OH excluding ortho intramolecular Hbond substituents is 1. The van der Waals surface area contributed by atoms with Crippen LogP contribution in [0, 0.1) is 11.6 Å². The molecule has 0 saturated heterocycles. The summed E-state index contributed by atoms with van der Waals surface area (Å²) < 4.78 is 31.6. The topological polar surface area (TPSA) is 85.2 Å². The number of rotatable bonds is 2. The number of halogens is 2. The lowest BCUT2D eigenvalue weighted by atomic mass is 10.1. The number of hydrogen-bond donors (Lipinski definition) is 2. The molecule has 0 aliphatic heterocycles. The predicted molar refractivity (Wildman–Crippen MR) is 71.2 cm³/mol. The third-order valence-corrected chi connectivity index (χ3v) is 2.88. The smallest absolute Gasteiger partial charge is 0.260 e. The van der Waals surface area contributed by atoms with Crippen LogP contribution < -0.4 is 5.73 Å². The summed E-state index contributed by atoms with van der Waals surface area (Å²) in [4.78, 5) is 4.05. The second-order valence-electron chi connectivity index (χ2n) is 4.32. The van der Waals surface area contributed by atoms with Gasteiger partial charge in [0.1, 0.15) is 5.82 Å². The molecule has 0 bridgehead atoms. The highest BCUT2D eigenvalue weighted by Crippen LogP contribution is 2.28. The van der Waals surface area contributed by atoms with Crippen molar-refractivity contribution in [2.24, 2.45) is 0 Å². The fraction of sp³-hybridized carbons (Fsp3) is 0. The second-order valence-corrected chi connectivity index (χ2v) is 4.32. The monoisotopic (exact) mass is 289 g/mol. The minimum Gasteiger partial charge on any atom is -0.505 e. The van der Waals surface area contributed by atoms with E-state index in [1.807, 2.05) is 0 Å². The molecule has 7 heteroatoms. The highest BCUT2D eigenvalue weighted by Gasteiger charge is 2.15. The fourth-order valence-electron chi connectivity index (χ4n) is 1.81. The van der Waals surface area contributed by atoms with E-state index in [0.717, 1.165) is 6.07 Å². The highest BCUT2D eigenvalue weighted by atomic mass is 19.1. The maximum atomic E-state index is 13.3. The van der Waals surface area contributed by atoms with Crippen LogP contribution in [0.2, 0.25) is 0 Å². The standard InChI is InChI=1S/C14H9F2N3O2/c15-8-2-3-11(17)9(6-8)14-18-13(19-21-14)7-1-4-12(20)10(16)5-7/h1-6,20H,17H2. The van der Waals surface area contributed by atoms with Crippen molar-refractivity contribution in [3.63, 3.8) is 0 Å². The number of anilines is 1. The lowest BCUT2D eigenvalue weighted by molar-refractivity contribution is 0.430. The quantitative estimate of drug-likeness (QED) is 0.708. The third-order valence-electron chi connectivity index (χ3n) is 2.88. The van der Waals surface area contributed by atoms with E-state index in [1.54, 1.807) is 0 Å². The Hall–Kier alpha value is -2.96. The number of benzene rings is 2. The molecule has 3 aromatic rings. The van der Waals surface area contributed by atoms with Gasteiger partial charge >= 0.3 is 0 Å². The Kier molecular flexibility index (Phi) is 3.02. The molecule has 106 valence electrons. The van der Waals surface area contributed by atoms with Crippen LogP contribution >= 0.6 is 0 Å². The third kappa shape index (κ3) is 2.40. The lowest BCUT2D eigenvalue weighted by Crippen LogP contribution is -1.91. The molecular weight excluding hydrogens is 280 g/mol. The predicted octanol–water partition coefficient (Wildman–Crippen LogP) is 2.97. The molecule has 0 aliphatic carbocycles. The van der Waals surface area contributed by atoms with Crippen LogP contribution in [0.3, 0.4) is 0 Å². The van der Waals surface area contributed by atoms with Gasteiger partial charge in [-0.25, -0.2) is 8.78 Å². The van der Waals surface area contributed by atoms with E-state index < -0.39 is 17.4 Å². The summed E-state index contributed by atoms with van der Waals surface area (Å²) in [5.74, 6) is -1.64. The zero-order chi connectivity index (χ0) is 15.0. The van der Waals surface area contributed by atoms with Gasteiger partial charge in [0.15, 0.2) is 11.6 Å². The molecule has 21 heavy (non-hydrogen) atoms. The zero-order valence-corrected chi connectivity index (χ0v) is 10.5. The van der Waals surface area contributed by atoms with E-state index in [2.05, 4.69) is 10.1 Å². The summed E-state index contributed by atoms with van der Waals surface area (Å²) in [6, 6.07) is 7.45. The molecule has 0 radical (unpaired) electrons. The first kappa shape index (κ1) is 13.0. The normalized spacial score (nSPS) is 10.8. The van der Waals surface area contributed by atoms with Gasteiger partial charge in [-0.3, -0.25) is 0 Å². The van der Waals surface area contributed by atoms with E-state index in [1.165, 1.54) is 30.3 Å². The zero-order valence-electron chi connectivity index (χ0n) is 10.5. The van der Waals surface area contributed by atoms with Crippen molar-refractivity contribution in [3.05, 3.63) is 48.0 Å². The Morgan fingerprint density at radius 3 is 2.67 bits per heavy atom. The maximum Gasteiger partial charge on any atom is 0.260 e. The molecule has 0 aliphatic rings. The van der Waals surface area contributed by atoms with Crippen molar-refractivity contribution < 1.29 is 18.4 Å². The Labute approximate surface area is 117 Å². The summed E-state index contributed by atoms with van der Waals surface area (Å²) in [6.45, 7) is 0. The van der Waals surface area contributed by atoms with Gasteiger partial charge in [0.25, 0.3) is 5.89 Å². The van der Waals surface area contributed by atoms with Gasteiger partial charge in [0.2, 0.25) is 5.82 Å². The molecule has 0 saturated carbocycles. The van der Waals surface area contributed by atoms with Gasteiger partial charge in [0.05, 0.1) is 5.56 Å². The minimum absolute atomic E-state index is 0.0236. The molecule has 1 heterocycles. The summed E-state index contributed by atoms with van der Waals surface area (Å²) in [5, 5.41) is 12.8. The van der Waals surface area contributed by atoms with Crippen LogP contribution in [0.15, 0.2) is 40.9 Å². The number of aromatic hydroxyl groups is 1. The molecule has 2 aromatic carbocycles. The van der Waals surface area contributed by atoms with Crippen molar-refractivity contribution >= 4 is 5.69 Å². The van der Waals surface area contributed by atoms with Crippen LogP contribution in [0.4, 0.5) is 14.5 Å². The number of phenols is 1.